The highest BCUT2D eigenvalue weighted by atomic mass is 35.5. The van der Waals surface area contributed by atoms with Gasteiger partial charge in [-0.1, -0.05) is 28.9 Å². The van der Waals surface area contributed by atoms with E-state index in [2.05, 4.69) is 20.4 Å². The Balaban J connectivity index is 1.31. The first-order chi connectivity index (χ1) is 14.5. The van der Waals surface area contributed by atoms with Crippen LogP contribution in [-0.2, 0) is 4.79 Å². The van der Waals surface area contributed by atoms with Crippen LogP contribution in [0.15, 0.2) is 47.0 Å². The van der Waals surface area contributed by atoms with Gasteiger partial charge in [-0.2, -0.15) is 4.98 Å². The minimum atomic E-state index is -0.314. The van der Waals surface area contributed by atoms with E-state index >= 15 is 0 Å². The summed E-state index contributed by atoms with van der Waals surface area (Å²) < 4.78 is 18.7. The summed E-state index contributed by atoms with van der Waals surface area (Å²) in [5, 5.41) is 7.52. The molecule has 0 spiro atoms. The van der Waals surface area contributed by atoms with Crippen LogP contribution in [0.5, 0.6) is 0 Å². The molecule has 3 aromatic rings. The van der Waals surface area contributed by atoms with Crippen LogP contribution in [0.3, 0.4) is 0 Å². The minimum Gasteiger partial charge on any atom is -0.339 e. The number of carbonyl (C=O) groups is 1. The van der Waals surface area contributed by atoms with E-state index in [9.17, 15) is 9.18 Å². The predicted octanol–water partition coefficient (Wildman–Crippen LogP) is 4.66. The number of hydrogen-bond donors (Lipinski definition) is 1. The van der Waals surface area contributed by atoms with Crippen LogP contribution in [0.2, 0.25) is 5.02 Å². The third kappa shape index (κ3) is 4.68. The van der Waals surface area contributed by atoms with E-state index in [-0.39, 0.29) is 24.2 Å². The Morgan fingerprint density at radius 1 is 1.27 bits per heavy atom. The van der Waals surface area contributed by atoms with Gasteiger partial charge in [-0.25, -0.2) is 4.39 Å². The second kappa shape index (κ2) is 8.93. The second-order valence-electron chi connectivity index (χ2n) is 7.49. The van der Waals surface area contributed by atoms with Crippen LogP contribution in [0.25, 0.3) is 11.4 Å². The number of aromatic nitrogens is 2. The van der Waals surface area contributed by atoms with Gasteiger partial charge in [-0.15, -0.1) is 0 Å². The largest absolute Gasteiger partial charge is 0.339 e. The topological polar surface area (TPSA) is 71.3 Å². The summed E-state index contributed by atoms with van der Waals surface area (Å²) in [7, 11) is 0. The number of nitrogens with one attached hydrogen (secondary N) is 1. The molecule has 0 aliphatic carbocycles. The quantitative estimate of drug-likeness (QED) is 0.640. The van der Waals surface area contributed by atoms with Crippen molar-refractivity contribution in [3.63, 3.8) is 0 Å². The van der Waals surface area contributed by atoms with Gasteiger partial charge in [0.25, 0.3) is 0 Å². The molecule has 1 aliphatic heterocycles. The first-order valence-corrected chi connectivity index (χ1v) is 10.2. The zero-order chi connectivity index (χ0) is 21.1. The molecular weight excluding hydrogens is 407 g/mol. The highest BCUT2D eigenvalue weighted by molar-refractivity contribution is 6.33. The van der Waals surface area contributed by atoms with Crippen molar-refractivity contribution in [1.82, 2.24) is 15.0 Å². The Kier molecular flexibility index (Phi) is 6.11. The van der Waals surface area contributed by atoms with E-state index < -0.39 is 0 Å². The van der Waals surface area contributed by atoms with E-state index in [1.807, 2.05) is 18.2 Å². The molecule has 156 valence electrons. The summed E-state index contributed by atoms with van der Waals surface area (Å²) in [5.74, 6) is 0.837. The van der Waals surface area contributed by atoms with Gasteiger partial charge >= 0.3 is 0 Å². The maximum atomic E-state index is 13.2. The maximum absolute atomic E-state index is 13.2. The maximum Gasteiger partial charge on any atom is 0.238 e. The lowest BCUT2D eigenvalue weighted by atomic mass is 9.97. The summed E-state index contributed by atoms with van der Waals surface area (Å²) in [5.41, 5.74) is 2.08. The molecule has 4 rings (SSSR count). The minimum absolute atomic E-state index is 0.109. The Bertz CT molecular complexity index is 1050. The van der Waals surface area contributed by atoms with E-state index in [1.54, 1.807) is 19.1 Å². The lowest BCUT2D eigenvalue weighted by molar-refractivity contribution is -0.117. The van der Waals surface area contributed by atoms with Crippen LogP contribution < -0.4 is 5.32 Å². The number of carbonyl (C=O) groups excluding carboxylic acids is 1. The Labute approximate surface area is 179 Å². The SMILES string of the molecule is Cc1cc(F)ccc1NC(=O)CN1CCC(c2nc(-c3ccccc3Cl)no2)CC1. The number of rotatable bonds is 5. The molecule has 0 bridgehead atoms. The third-order valence-electron chi connectivity index (χ3n) is 5.32. The Hall–Kier alpha value is -2.77. The van der Waals surface area contributed by atoms with Crippen molar-refractivity contribution in [3.05, 3.63) is 64.8 Å². The Morgan fingerprint density at radius 3 is 2.77 bits per heavy atom. The van der Waals surface area contributed by atoms with Crippen molar-refractivity contribution >= 4 is 23.2 Å². The molecule has 1 fully saturated rings. The number of anilines is 1. The first-order valence-electron chi connectivity index (χ1n) is 9.86. The van der Waals surface area contributed by atoms with Gasteiger partial charge in [-0.05, 0) is 68.8 Å². The average Bonchev–Trinajstić information content (AvgIpc) is 3.21. The smallest absolute Gasteiger partial charge is 0.238 e. The lowest BCUT2D eigenvalue weighted by Gasteiger charge is -2.29. The van der Waals surface area contributed by atoms with Crippen molar-refractivity contribution in [2.24, 2.45) is 0 Å². The molecule has 0 saturated carbocycles. The fourth-order valence-electron chi connectivity index (χ4n) is 3.65. The molecule has 2 heterocycles. The summed E-state index contributed by atoms with van der Waals surface area (Å²) >= 11 is 6.21. The molecule has 8 heteroatoms. The molecule has 0 radical (unpaired) electrons. The van der Waals surface area contributed by atoms with Gasteiger partial charge in [0.15, 0.2) is 0 Å². The van der Waals surface area contributed by atoms with Crippen molar-refractivity contribution in [2.45, 2.75) is 25.7 Å². The van der Waals surface area contributed by atoms with Crippen molar-refractivity contribution < 1.29 is 13.7 Å². The van der Waals surface area contributed by atoms with Gasteiger partial charge in [0.2, 0.25) is 17.6 Å². The molecular formula is C22H22ClFN4O2. The molecule has 6 nitrogen and oxygen atoms in total. The number of nitrogens with zero attached hydrogens (tertiary/aromatic N) is 3. The second-order valence-corrected chi connectivity index (χ2v) is 7.90. The normalized spacial score (nSPS) is 15.3. The van der Waals surface area contributed by atoms with Gasteiger partial charge in [0, 0.05) is 17.2 Å². The number of likely N-dealkylation sites (tertiary alicyclic amines) is 1. The van der Waals surface area contributed by atoms with Crippen molar-refractivity contribution in [1.29, 1.82) is 0 Å². The molecule has 2 aromatic carbocycles. The van der Waals surface area contributed by atoms with Crippen LogP contribution in [0.4, 0.5) is 10.1 Å². The lowest BCUT2D eigenvalue weighted by Crippen LogP contribution is -2.38. The number of halogens is 2. The first kappa shape index (κ1) is 20.5. The zero-order valence-electron chi connectivity index (χ0n) is 16.6. The number of amides is 1. The standard InChI is InChI=1S/C22H22ClFN4O2/c1-14-12-16(24)6-7-19(14)25-20(29)13-28-10-8-15(9-11-28)22-26-21(27-30-22)17-4-2-3-5-18(17)23/h2-7,12,15H,8-11,13H2,1H3,(H,25,29). The van der Waals surface area contributed by atoms with Crippen LogP contribution in [0.1, 0.15) is 30.2 Å². The van der Waals surface area contributed by atoms with E-state index in [0.29, 0.717) is 28.0 Å². The zero-order valence-corrected chi connectivity index (χ0v) is 17.3. The summed E-state index contributed by atoms with van der Waals surface area (Å²) in [6, 6.07) is 11.7. The third-order valence-corrected chi connectivity index (χ3v) is 5.65. The molecule has 1 aromatic heterocycles. The average molecular weight is 429 g/mol. The van der Waals surface area contributed by atoms with Crippen LogP contribution in [0, 0.1) is 12.7 Å². The summed E-state index contributed by atoms with van der Waals surface area (Å²) in [6.07, 6.45) is 1.65. The van der Waals surface area contributed by atoms with Crippen molar-refractivity contribution in [3.8, 4) is 11.4 Å². The number of hydrogen-bond acceptors (Lipinski definition) is 5. The molecule has 0 unspecified atom stereocenters. The molecule has 1 amide bonds. The predicted molar refractivity (Wildman–Crippen MR) is 113 cm³/mol. The fraction of sp³-hybridized carbons (Fsp3) is 0.318. The number of benzene rings is 2. The molecule has 1 saturated heterocycles. The highest BCUT2D eigenvalue weighted by Gasteiger charge is 2.26. The van der Waals surface area contributed by atoms with Crippen LogP contribution in [-0.4, -0.2) is 40.6 Å². The van der Waals surface area contributed by atoms with E-state index in [1.165, 1.54) is 12.1 Å². The molecule has 1 aliphatic rings. The number of piperidine rings is 1. The van der Waals surface area contributed by atoms with Gasteiger partial charge in [-0.3, -0.25) is 9.69 Å². The Morgan fingerprint density at radius 2 is 2.03 bits per heavy atom. The highest BCUT2D eigenvalue weighted by Crippen LogP contribution is 2.30. The monoisotopic (exact) mass is 428 g/mol. The van der Waals surface area contributed by atoms with Crippen molar-refractivity contribution in [2.75, 3.05) is 25.0 Å². The molecule has 0 atom stereocenters. The van der Waals surface area contributed by atoms with Gasteiger partial charge < -0.3 is 9.84 Å². The molecule has 1 N–H and O–H groups in total. The fourth-order valence-corrected chi connectivity index (χ4v) is 3.87. The number of aryl methyl sites for hydroxylation is 1. The van der Waals surface area contributed by atoms with Gasteiger partial charge in [0.1, 0.15) is 5.82 Å². The van der Waals surface area contributed by atoms with E-state index in [0.717, 1.165) is 31.5 Å². The van der Waals surface area contributed by atoms with Crippen LogP contribution >= 0.6 is 11.6 Å². The molecule has 30 heavy (non-hydrogen) atoms. The summed E-state index contributed by atoms with van der Waals surface area (Å²) in [4.78, 5) is 19.0. The van der Waals surface area contributed by atoms with Gasteiger partial charge in [0.05, 0.1) is 11.6 Å². The van der Waals surface area contributed by atoms with E-state index in [4.69, 9.17) is 16.1 Å². The summed E-state index contributed by atoms with van der Waals surface area (Å²) in [6.45, 7) is 3.57.